The standard InChI is InChI=1S/C8H10N2O/c9-6-8(11-10)7-4-2-1-3-5-7/h1-6H,9-10H2/b8-6-. The molecule has 0 aliphatic heterocycles. The van der Waals surface area contributed by atoms with Crippen molar-refractivity contribution in [3.8, 4) is 0 Å². The molecule has 0 heterocycles. The van der Waals surface area contributed by atoms with Crippen LogP contribution in [0.1, 0.15) is 5.56 Å². The van der Waals surface area contributed by atoms with Crippen molar-refractivity contribution < 1.29 is 4.84 Å². The minimum absolute atomic E-state index is 0.477. The molecular formula is C8H10N2O. The minimum Gasteiger partial charge on any atom is -0.409 e. The SMILES string of the molecule is N/C=C(\ON)c1ccccc1. The molecule has 0 bridgehead atoms. The van der Waals surface area contributed by atoms with Crippen LogP contribution in [0.5, 0.6) is 0 Å². The first-order valence-electron chi connectivity index (χ1n) is 3.22. The predicted molar refractivity (Wildman–Crippen MR) is 43.9 cm³/mol. The maximum atomic E-state index is 5.25. The zero-order valence-electron chi connectivity index (χ0n) is 6.03. The lowest BCUT2D eigenvalue weighted by Gasteiger charge is -2.02. The number of hydrogen-bond acceptors (Lipinski definition) is 3. The molecule has 3 nitrogen and oxygen atoms in total. The van der Waals surface area contributed by atoms with Gasteiger partial charge in [0.25, 0.3) is 0 Å². The van der Waals surface area contributed by atoms with Gasteiger partial charge in [0.15, 0.2) is 5.76 Å². The largest absolute Gasteiger partial charge is 0.409 e. The summed E-state index contributed by atoms with van der Waals surface area (Å²) in [6.45, 7) is 0. The highest BCUT2D eigenvalue weighted by atomic mass is 16.6. The second-order valence-corrected chi connectivity index (χ2v) is 2.01. The van der Waals surface area contributed by atoms with Crippen LogP contribution >= 0.6 is 0 Å². The number of benzene rings is 1. The van der Waals surface area contributed by atoms with Crippen LogP contribution in [0, 0.1) is 0 Å². The lowest BCUT2D eigenvalue weighted by Crippen LogP contribution is -2.00. The molecule has 0 fully saturated rings. The van der Waals surface area contributed by atoms with Crippen molar-refractivity contribution in [1.29, 1.82) is 0 Å². The molecule has 0 atom stereocenters. The summed E-state index contributed by atoms with van der Waals surface area (Å²) in [5.74, 6) is 5.44. The van der Waals surface area contributed by atoms with Gasteiger partial charge < -0.3 is 10.6 Å². The normalized spacial score (nSPS) is 11.2. The number of hydrogen-bond donors (Lipinski definition) is 2. The van der Waals surface area contributed by atoms with Crippen LogP contribution in [-0.2, 0) is 4.84 Å². The Morgan fingerprint density at radius 2 is 1.91 bits per heavy atom. The molecule has 0 unspecified atom stereocenters. The Bertz CT molecular complexity index is 244. The van der Waals surface area contributed by atoms with Crippen LogP contribution in [0.2, 0.25) is 0 Å². The average molecular weight is 150 g/mol. The Kier molecular flexibility index (Phi) is 2.52. The average Bonchev–Trinajstić information content (AvgIpc) is 2.09. The highest BCUT2D eigenvalue weighted by Crippen LogP contribution is 2.10. The highest BCUT2D eigenvalue weighted by Gasteiger charge is 1.97. The topological polar surface area (TPSA) is 61.3 Å². The second kappa shape index (κ2) is 3.63. The lowest BCUT2D eigenvalue weighted by atomic mass is 10.2. The predicted octanol–water partition coefficient (Wildman–Crippen LogP) is 0.834. The molecule has 11 heavy (non-hydrogen) atoms. The summed E-state index contributed by atoms with van der Waals surface area (Å²) in [5, 5.41) is 0. The lowest BCUT2D eigenvalue weighted by molar-refractivity contribution is 0.290. The monoisotopic (exact) mass is 150 g/mol. The molecule has 0 aliphatic carbocycles. The molecule has 1 rings (SSSR count). The van der Waals surface area contributed by atoms with Crippen LogP contribution in [-0.4, -0.2) is 0 Å². The fraction of sp³-hybridized carbons (Fsp3) is 0. The highest BCUT2D eigenvalue weighted by molar-refractivity contribution is 5.58. The summed E-state index contributed by atoms with van der Waals surface area (Å²) in [4.78, 5) is 4.52. The summed E-state index contributed by atoms with van der Waals surface area (Å²) in [6, 6.07) is 9.42. The molecule has 0 saturated heterocycles. The summed E-state index contributed by atoms with van der Waals surface area (Å²) in [6.07, 6.45) is 1.33. The molecule has 0 radical (unpaired) electrons. The summed E-state index contributed by atoms with van der Waals surface area (Å²) in [5.41, 5.74) is 6.12. The third kappa shape index (κ3) is 1.72. The maximum absolute atomic E-state index is 5.25. The van der Waals surface area contributed by atoms with Crippen molar-refractivity contribution in [3.63, 3.8) is 0 Å². The van der Waals surface area contributed by atoms with Gasteiger partial charge in [-0.1, -0.05) is 30.3 Å². The van der Waals surface area contributed by atoms with Gasteiger partial charge in [-0.05, 0) is 0 Å². The van der Waals surface area contributed by atoms with Gasteiger partial charge in [0.05, 0.1) is 0 Å². The molecule has 1 aromatic rings. The zero-order chi connectivity index (χ0) is 8.10. The van der Waals surface area contributed by atoms with Gasteiger partial charge in [-0.2, -0.15) is 5.90 Å². The first-order valence-corrected chi connectivity index (χ1v) is 3.22. The second-order valence-electron chi connectivity index (χ2n) is 2.01. The van der Waals surface area contributed by atoms with E-state index in [9.17, 15) is 0 Å². The van der Waals surface area contributed by atoms with E-state index in [1.807, 2.05) is 30.3 Å². The van der Waals surface area contributed by atoms with Crippen LogP contribution in [0.15, 0.2) is 36.5 Å². The van der Waals surface area contributed by atoms with Crippen LogP contribution in [0.4, 0.5) is 0 Å². The van der Waals surface area contributed by atoms with Crippen molar-refractivity contribution in [1.82, 2.24) is 0 Å². The van der Waals surface area contributed by atoms with Crippen LogP contribution in [0.3, 0.4) is 0 Å². The van der Waals surface area contributed by atoms with Gasteiger partial charge >= 0.3 is 0 Å². The van der Waals surface area contributed by atoms with E-state index in [4.69, 9.17) is 11.6 Å². The van der Waals surface area contributed by atoms with Gasteiger partial charge in [0, 0.05) is 11.8 Å². The fourth-order valence-electron chi connectivity index (χ4n) is 0.806. The molecular weight excluding hydrogens is 140 g/mol. The smallest absolute Gasteiger partial charge is 0.169 e. The number of nitrogens with two attached hydrogens (primary N) is 2. The van der Waals surface area contributed by atoms with E-state index in [-0.39, 0.29) is 0 Å². The van der Waals surface area contributed by atoms with E-state index >= 15 is 0 Å². The van der Waals surface area contributed by atoms with Gasteiger partial charge in [-0.3, -0.25) is 0 Å². The molecule has 3 heteroatoms. The van der Waals surface area contributed by atoms with Crippen molar-refractivity contribution >= 4 is 5.76 Å². The Morgan fingerprint density at radius 3 is 2.36 bits per heavy atom. The Labute approximate surface area is 65.2 Å². The first-order chi connectivity index (χ1) is 5.38. The van der Waals surface area contributed by atoms with E-state index in [0.717, 1.165) is 5.56 Å². The zero-order valence-corrected chi connectivity index (χ0v) is 6.03. The van der Waals surface area contributed by atoms with Crippen LogP contribution < -0.4 is 11.6 Å². The van der Waals surface area contributed by atoms with Crippen molar-refractivity contribution in [2.24, 2.45) is 11.6 Å². The Balaban J connectivity index is 2.92. The van der Waals surface area contributed by atoms with Gasteiger partial charge in [0.1, 0.15) is 0 Å². The van der Waals surface area contributed by atoms with E-state index in [2.05, 4.69) is 4.84 Å². The summed E-state index contributed by atoms with van der Waals surface area (Å²) < 4.78 is 0. The number of rotatable bonds is 2. The first kappa shape index (κ1) is 7.63. The molecule has 1 aromatic carbocycles. The molecule has 58 valence electrons. The van der Waals surface area contributed by atoms with Crippen molar-refractivity contribution in [3.05, 3.63) is 42.1 Å². The summed E-state index contributed by atoms with van der Waals surface area (Å²) >= 11 is 0. The van der Waals surface area contributed by atoms with Gasteiger partial charge in [0.2, 0.25) is 0 Å². The molecule has 0 spiro atoms. The van der Waals surface area contributed by atoms with Crippen LogP contribution in [0.25, 0.3) is 5.76 Å². The minimum atomic E-state index is 0.477. The molecule has 4 N–H and O–H groups in total. The fourth-order valence-corrected chi connectivity index (χ4v) is 0.806. The van der Waals surface area contributed by atoms with Crippen molar-refractivity contribution in [2.75, 3.05) is 0 Å². The summed E-state index contributed by atoms with van der Waals surface area (Å²) in [7, 11) is 0. The van der Waals surface area contributed by atoms with Crippen molar-refractivity contribution in [2.45, 2.75) is 0 Å². The maximum Gasteiger partial charge on any atom is 0.169 e. The molecule has 0 aromatic heterocycles. The Morgan fingerprint density at radius 1 is 1.27 bits per heavy atom. The quantitative estimate of drug-likeness (QED) is 0.485. The van der Waals surface area contributed by atoms with E-state index in [1.165, 1.54) is 6.20 Å². The third-order valence-electron chi connectivity index (χ3n) is 1.34. The molecule has 0 saturated carbocycles. The molecule has 0 amide bonds. The van der Waals surface area contributed by atoms with E-state index < -0.39 is 0 Å². The van der Waals surface area contributed by atoms with Gasteiger partial charge in [-0.15, -0.1) is 0 Å². The third-order valence-corrected chi connectivity index (χ3v) is 1.34. The Hall–Kier alpha value is -1.48. The van der Waals surface area contributed by atoms with E-state index in [1.54, 1.807) is 0 Å². The van der Waals surface area contributed by atoms with E-state index in [0.29, 0.717) is 5.76 Å². The molecule has 0 aliphatic rings. The van der Waals surface area contributed by atoms with Gasteiger partial charge in [-0.25, -0.2) is 0 Å².